The molecular weight excluding hydrogens is 403 g/mol. The Morgan fingerprint density at radius 1 is 1.06 bits per heavy atom. The lowest BCUT2D eigenvalue weighted by molar-refractivity contribution is -0.120. The Kier molecular flexibility index (Phi) is 8.42. The van der Waals surface area contributed by atoms with Crippen molar-refractivity contribution in [3.8, 4) is 23.0 Å². The van der Waals surface area contributed by atoms with Crippen molar-refractivity contribution in [3.63, 3.8) is 0 Å². The van der Waals surface area contributed by atoms with Crippen LogP contribution in [0.3, 0.4) is 0 Å². The summed E-state index contributed by atoms with van der Waals surface area (Å²) in [5.41, 5.74) is 0.682. The fourth-order valence-corrected chi connectivity index (χ4v) is 2.93. The van der Waals surface area contributed by atoms with Gasteiger partial charge in [0.1, 0.15) is 17.2 Å². The highest BCUT2D eigenvalue weighted by Gasteiger charge is 2.21. The van der Waals surface area contributed by atoms with Gasteiger partial charge in [-0.15, -0.1) is 0 Å². The summed E-state index contributed by atoms with van der Waals surface area (Å²) in [4.78, 5) is 22.8. The first-order chi connectivity index (χ1) is 14.6. The summed E-state index contributed by atoms with van der Waals surface area (Å²) in [6, 6.07) is 7.24. The predicted molar refractivity (Wildman–Crippen MR) is 115 cm³/mol. The maximum atomic E-state index is 13.4. The van der Waals surface area contributed by atoms with Crippen LogP contribution in [0.15, 0.2) is 30.3 Å². The predicted octanol–water partition coefficient (Wildman–Crippen LogP) is 5.23. The average molecular weight is 432 g/mol. The topological polar surface area (TPSA) is 82.1 Å². The fraction of sp³-hybridized carbons (Fsp3) is 0.417. The Hall–Kier alpha value is -3.09. The lowest BCUT2D eigenvalue weighted by Crippen LogP contribution is -2.13. The minimum Gasteiger partial charge on any atom is -0.507 e. The molecule has 0 atom stereocenters. The summed E-state index contributed by atoms with van der Waals surface area (Å²) in [7, 11) is 0. The van der Waals surface area contributed by atoms with E-state index in [4.69, 9.17) is 9.47 Å². The Balaban J connectivity index is 1.81. The summed E-state index contributed by atoms with van der Waals surface area (Å²) in [5.74, 6) is -0.0393. The number of aromatic hydroxyl groups is 1. The van der Waals surface area contributed by atoms with Crippen molar-refractivity contribution in [2.24, 2.45) is 5.41 Å². The molecule has 0 fully saturated rings. The van der Waals surface area contributed by atoms with Crippen molar-refractivity contribution in [2.75, 3.05) is 13.2 Å². The molecule has 0 radical (unpaired) electrons. The number of unbranched alkanes of at least 4 members (excludes halogenated alkanes) is 1. The molecular formula is C24H29FO6. The molecule has 0 saturated heterocycles. The summed E-state index contributed by atoms with van der Waals surface area (Å²) < 4.78 is 29.2. The van der Waals surface area contributed by atoms with Crippen LogP contribution in [0.2, 0.25) is 0 Å². The molecule has 0 aliphatic heterocycles. The third-order valence-corrected chi connectivity index (χ3v) is 4.52. The normalized spacial score (nSPS) is 11.1. The van der Waals surface area contributed by atoms with Crippen LogP contribution in [0, 0.1) is 18.2 Å². The molecule has 1 N–H and O–H groups in total. The van der Waals surface area contributed by atoms with Gasteiger partial charge < -0.3 is 19.3 Å². The van der Waals surface area contributed by atoms with Crippen LogP contribution in [0.25, 0.3) is 0 Å². The molecule has 6 nitrogen and oxygen atoms in total. The number of phenolic OH excluding ortho intramolecular Hbond substituents is 1. The van der Waals surface area contributed by atoms with E-state index < -0.39 is 5.82 Å². The van der Waals surface area contributed by atoms with E-state index in [0.29, 0.717) is 55.1 Å². The highest BCUT2D eigenvalue weighted by molar-refractivity contribution is 5.99. The maximum absolute atomic E-state index is 13.4. The minimum atomic E-state index is -0.641. The Labute approximate surface area is 181 Å². The molecule has 0 spiro atoms. The zero-order valence-electron chi connectivity index (χ0n) is 18.4. The van der Waals surface area contributed by atoms with E-state index in [2.05, 4.69) is 4.74 Å². The Bertz CT molecular complexity index is 917. The van der Waals surface area contributed by atoms with E-state index in [-0.39, 0.29) is 29.2 Å². The van der Waals surface area contributed by atoms with Gasteiger partial charge in [-0.25, -0.2) is 4.39 Å². The monoisotopic (exact) mass is 432 g/mol. The van der Waals surface area contributed by atoms with E-state index in [1.165, 1.54) is 18.2 Å². The average Bonchev–Trinajstić information content (AvgIpc) is 2.68. The smallest absolute Gasteiger partial charge is 0.298 e. The number of hydrogen-bond donors (Lipinski definition) is 1. The van der Waals surface area contributed by atoms with Gasteiger partial charge in [-0.05, 0) is 49.4 Å². The van der Waals surface area contributed by atoms with Crippen molar-refractivity contribution < 1.29 is 33.3 Å². The van der Waals surface area contributed by atoms with Gasteiger partial charge in [0.2, 0.25) is 0 Å². The number of carbonyl (C=O) groups excluding carboxylic acids is 2. The van der Waals surface area contributed by atoms with Crippen LogP contribution in [0.5, 0.6) is 23.0 Å². The SMILES string of the molecule is Cc1c(OCCCCOc2ccc(F)c(OC=O)c2)ccc(C(=O)CC(C)(C)C)c1O. The van der Waals surface area contributed by atoms with Gasteiger partial charge in [0, 0.05) is 18.1 Å². The van der Waals surface area contributed by atoms with Crippen molar-refractivity contribution >= 4 is 12.3 Å². The quantitative estimate of drug-likeness (QED) is 0.297. The summed E-state index contributed by atoms with van der Waals surface area (Å²) in [6.07, 6.45) is 1.70. The summed E-state index contributed by atoms with van der Waals surface area (Å²) in [6.45, 7) is 8.58. The molecule has 0 unspecified atom stereocenters. The molecule has 0 aromatic heterocycles. The first kappa shape index (κ1) is 24.2. The molecule has 0 amide bonds. The third kappa shape index (κ3) is 7.27. The summed E-state index contributed by atoms with van der Waals surface area (Å²) >= 11 is 0. The molecule has 0 aliphatic rings. The van der Waals surface area contributed by atoms with Crippen molar-refractivity contribution in [2.45, 2.75) is 47.0 Å². The fourth-order valence-electron chi connectivity index (χ4n) is 2.93. The molecule has 0 heterocycles. The molecule has 2 aromatic carbocycles. The van der Waals surface area contributed by atoms with Gasteiger partial charge in [0.05, 0.1) is 18.8 Å². The molecule has 31 heavy (non-hydrogen) atoms. The molecule has 2 aromatic rings. The van der Waals surface area contributed by atoms with Crippen LogP contribution in [0.1, 0.15) is 56.0 Å². The maximum Gasteiger partial charge on any atom is 0.298 e. The number of Topliss-reactive ketones (excluding diaryl/α,β-unsaturated/α-hetero) is 1. The number of ketones is 1. The van der Waals surface area contributed by atoms with Crippen LogP contribution in [0.4, 0.5) is 4.39 Å². The molecule has 168 valence electrons. The van der Waals surface area contributed by atoms with Gasteiger partial charge in [0.25, 0.3) is 6.47 Å². The van der Waals surface area contributed by atoms with Crippen LogP contribution in [-0.4, -0.2) is 30.6 Å². The van der Waals surface area contributed by atoms with Crippen LogP contribution in [-0.2, 0) is 4.79 Å². The van der Waals surface area contributed by atoms with E-state index in [1.54, 1.807) is 19.1 Å². The standard InChI is InChI=1S/C24H29FO6/c1-16-21(10-8-18(23(16)28)20(27)14-24(2,3)4)30-12-6-5-11-29-17-7-9-19(25)22(13-17)31-15-26/h7-10,13,15,28H,5-6,11-12,14H2,1-4H3. The van der Waals surface area contributed by atoms with Gasteiger partial charge in [0.15, 0.2) is 17.3 Å². The largest absolute Gasteiger partial charge is 0.507 e. The second kappa shape index (κ2) is 10.8. The van der Waals surface area contributed by atoms with Gasteiger partial charge >= 0.3 is 0 Å². The lowest BCUT2D eigenvalue weighted by atomic mass is 9.87. The second-order valence-corrected chi connectivity index (χ2v) is 8.46. The minimum absolute atomic E-state index is 0.0419. The van der Waals surface area contributed by atoms with Crippen molar-refractivity contribution in [3.05, 3.63) is 47.3 Å². The first-order valence-electron chi connectivity index (χ1n) is 10.1. The number of rotatable bonds is 11. The summed E-state index contributed by atoms with van der Waals surface area (Å²) in [5, 5.41) is 10.4. The van der Waals surface area contributed by atoms with E-state index in [0.717, 1.165) is 0 Å². The lowest BCUT2D eigenvalue weighted by Gasteiger charge is -2.18. The Morgan fingerprint density at radius 2 is 1.74 bits per heavy atom. The van der Waals surface area contributed by atoms with E-state index in [9.17, 15) is 19.1 Å². The van der Waals surface area contributed by atoms with Crippen LogP contribution >= 0.6 is 0 Å². The van der Waals surface area contributed by atoms with E-state index in [1.807, 2.05) is 20.8 Å². The van der Waals surface area contributed by atoms with Crippen LogP contribution < -0.4 is 14.2 Å². The first-order valence-corrected chi connectivity index (χ1v) is 10.1. The zero-order valence-corrected chi connectivity index (χ0v) is 18.4. The number of benzene rings is 2. The zero-order chi connectivity index (χ0) is 23.0. The number of carbonyl (C=O) groups is 2. The number of ether oxygens (including phenoxy) is 3. The molecule has 2 rings (SSSR count). The highest BCUT2D eigenvalue weighted by Crippen LogP contribution is 2.33. The van der Waals surface area contributed by atoms with E-state index >= 15 is 0 Å². The van der Waals surface area contributed by atoms with Gasteiger partial charge in [-0.2, -0.15) is 0 Å². The van der Waals surface area contributed by atoms with Crippen molar-refractivity contribution in [1.29, 1.82) is 0 Å². The molecule has 7 heteroatoms. The number of hydrogen-bond acceptors (Lipinski definition) is 6. The molecule has 0 aliphatic carbocycles. The number of halogens is 1. The van der Waals surface area contributed by atoms with Gasteiger partial charge in [-0.1, -0.05) is 20.8 Å². The highest BCUT2D eigenvalue weighted by atomic mass is 19.1. The van der Waals surface area contributed by atoms with Crippen molar-refractivity contribution in [1.82, 2.24) is 0 Å². The number of phenols is 1. The molecule has 0 bridgehead atoms. The second-order valence-electron chi connectivity index (χ2n) is 8.46. The Morgan fingerprint density at radius 3 is 2.39 bits per heavy atom. The third-order valence-electron chi connectivity index (χ3n) is 4.52. The van der Waals surface area contributed by atoms with Gasteiger partial charge in [-0.3, -0.25) is 9.59 Å². The molecule has 0 saturated carbocycles.